The number of benzene rings is 1. The van der Waals surface area contributed by atoms with Crippen LogP contribution in [0.1, 0.15) is 44.2 Å². The number of hydrogen-bond acceptors (Lipinski definition) is 6. The summed E-state index contributed by atoms with van der Waals surface area (Å²) in [4.78, 5) is 43.0. The molecule has 3 amide bonds. The fourth-order valence-corrected chi connectivity index (χ4v) is 5.53. The van der Waals surface area contributed by atoms with Gasteiger partial charge in [-0.1, -0.05) is 18.2 Å². The summed E-state index contributed by atoms with van der Waals surface area (Å²) < 4.78 is 11.1. The Morgan fingerprint density at radius 2 is 1.82 bits per heavy atom. The van der Waals surface area contributed by atoms with Crippen molar-refractivity contribution < 1.29 is 23.9 Å². The second-order valence-electron chi connectivity index (χ2n) is 9.46. The highest BCUT2D eigenvalue weighted by atomic mass is 16.5. The first-order chi connectivity index (χ1) is 16.0. The number of hydrogen-bond donors (Lipinski definition) is 2. The van der Waals surface area contributed by atoms with Crippen LogP contribution in [0, 0.1) is 0 Å². The molecular weight excluding hydrogens is 424 g/mol. The number of nitrogens with one attached hydrogen (secondary N) is 2. The number of carbonyl (C=O) groups excluding carboxylic acids is 3. The summed E-state index contributed by atoms with van der Waals surface area (Å²) >= 11 is 0. The van der Waals surface area contributed by atoms with Crippen molar-refractivity contribution in [3.63, 3.8) is 0 Å². The third-order valence-corrected chi connectivity index (χ3v) is 7.31. The molecule has 1 aromatic carbocycles. The Hall–Kier alpha value is -2.65. The second-order valence-corrected chi connectivity index (χ2v) is 9.46. The lowest BCUT2D eigenvalue weighted by Gasteiger charge is -2.43. The van der Waals surface area contributed by atoms with E-state index >= 15 is 0 Å². The van der Waals surface area contributed by atoms with Crippen LogP contribution in [0.15, 0.2) is 24.3 Å². The van der Waals surface area contributed by atoms with Crippen LogP contribution in [0.25, 0.3) is 0 Å². The molecule has 1 aromatic rings. The quantitative estimate of drug-likeness (QED) is 0.688. The predicted molar refractivity (Wildman–Crippen MR) is 119 cm³/mol. The number of amides is 3. The van der Waals surface area contributed by atoms with E-state index in [9.17, 15) is 14.4 Å². The first kappa shape index (κ1) is 22.2. The van der Waals surface area contributed by atoms with Gasteiger partial charge in [0.25, 0.3) is 0 Å². The van der Waals surface area contributed by atoms with Gasteiger partial charge in [-0.15, -0.1) is 0 Å². The van der Waals surface area contributed by atoms with Gasteiger partial charge < -0.3 is 25.0 Å². The van der Waals surface area contributed by atoms with Crippen molar-refractivity contribution >= 4 is 17.7 Å². The average Bonchev–Trinajstić information content (AvgIpc) is 3.18. The maximum Gasteiger partial charge on any atom is 0.247 e. The standard InChI is InChI=1S/C24H32N4O5/c1-15(29)25-20-12-27(17-13-32-14-17)10-8-16-6-7-21(28(16)24(20)31)23(30)26-19-9-11-33-22-5-3-2-4-18(19)22/h2-5,16-17,19-21H,6-14H2,1H3,(H,25,29)(H,26,30)/t16-,19-,20+,21+/m1/s1. The Balaban J connectivity index is 1.33. The zero-order valence-corrected chi connectivity index (χ0v) is 19.0. The number of nitrogens with zero attached hydrogens (tertiary/aromatic N) is 2. The van der Waals surface area contributed by atoms with E-state index in [2.05, 4.69) is 15.5 Å². The largest absolute Gasteiger partial charge is 0.493 e. The van der Waals surface area contributed by atoms with Crippen LogP contribution in [-0.2, 0) is 19.1 Å². The predicted octanol–water partition coefficient (Wildman–Crippen LogP) is 0.595. The second kappa shape index (κ2) is 9.30. The number of para-hydroxylation sites is 1. The van der Waals surface area contributed by atoms with Crippen LogP contribution >= 0.6 is 0 Å². The van der Waals surface area contributed by atoms with Crippen molar-refractivity contribution in [3.8, 4) is 5.75 Å². The van der Waals surface area contributed by atoms with E-state index in [0.717, 1.165) is 30.7 Å². The van der Waals surface area contributed by atoms with Gasteiger partial charge in [0, 0.05) is 38.0 Å². The third kappa shape index (κ3) is 4.44. The molecule has 33 heavy (non-hydrogen) atoms. The molecule has 0 unspecified atom stereocenters. The summed E-state index contributed by atoms with van der Waals surface area (Å²) in [6.45, 7) is 4.55. The van der Waals surface area contributed by atoms with Crippen LogP contribution in [0.5, 0.6) is 5.75 Å². The number of carbonyl (C=O) groups is 3. The molecule has 3 saturated heterocycles. The molecule has 4 aliphatic rings. The monoisotopic (exact) mass is 456 g/mol. The Kier molecular flexibility index (Phi) is 6.25. The fourth-order valence-electron chi connectivity index (χ4n) is 5.53. The average molecular weight is 457 g/mol. The molecule has 0 bridgehead atoms. The summed E-state index contributed by atoms with van der Waals surface area (Å²) in [7, 11) is 0. The van der Waals surface area contributed by atoms with Gasteiger partial charge in [-0.3, -0.25) is 19.3 Å². The first-order valence-corrected chi connectivity index (χ1v) is 11.9. The van der Waals surface area contributed by atoms with E-state index in [1.807, 2.05) is 24.3 Å². The fraction of sp³-hybridized carbons (Fsp3) is 0.625. The lowest BCUT2D eigenvalue weighted by atomic mass is 10.00. The van der Waals surface area contributed by atoms with E-state index in [4.69, 9.17) is 9.47 Å². The summed E-state index contributed by atoms with van der Waals surface area (Å²) in [5, 5.41) is 6.02. The molecule has 2 N–H and O–H groups in total. The smallest absolute Gasteiger partial charge is 0.247 e. The van der Waals surface area contributed by atoms with Crippen LogP contribution in [0.2, 0.25) is 0 Å². The van der Waals surface area contributed by atoms with E-state index in [0.29, 0.717) is 39.2 Å². The molecule has 3 fully saturated rings. The summed E-state index contributed by atoms with van der Waals surface area (Å²) in [5.41, 5.74) is 0.972. The minimum absolute atomic E-state index is 0.00437. The van der Waals surface area contributed by atoms with Gasteiger partial charge in [-0.05, 0) is 25.3 Å². The molecule has 0 saturated carbocycles. The molecular formula is C24H32N4O5. The van der Waals surface area contributed by atoms with Crippen molar-refractivity contribution in [2.75, 3.05) is 32.9 Å². The molecule has 4 heterocycles. The molecule has 0 aliphatic carbocycles. The van der Waals surface area contributed by atoms with E-state index in [1.165, 1.54) is 6.92 Å². The molecule has 178 valence electrons. The third-order valence-electron chi connectivity index (χ3n) is 7.31. The lowest BCUT2D eigenvalue weighted by Crippen LogP contribution is -2.63. The molecule has 5 rings (SSSR count). The van der Waals surface area contributed by atoms with Crippen LogP contribution in [-0.4, -0.2) is 84.6 Å². The zero-order valence-electron chi connectivity index (χ0n) is 19.0. The normalized spacial score (nSPS) is 30.2. The van der Waals surface area contributed by atoms with Crippen molar-refractivity contribution in [2.45, 2.75) is 62.8 Å². The van der Waals surface area contributed by atoms with Gasteiger partial charge >= 0.3 is 0 Å². The molecule has 0 aromatic heterocycles. The Morgan fingerprint density at radius 1 is 1.00 bits per heavy atom. The molecule has 4 atom stereocenters. The highest BCUT2D eigenvalue weighted by Crippen LogP contribution is 2.34. The van der Waals surface area contributed by atoms with Crippen molar-refractivity contribution in [1.29, 1.82) is 0 Å². The Labute approximate surface area is 193 Å². The van der Waals surface area contributed by atoms with Crippen molar-refractivity contribution in [1.82, 2.24) is 20.4 Å². The minimum Gasteiger partial charge on any atom is -0.493 e. The molecule has 9 nitrogen and oxygen atoms in total. The SMILES string of the molecule is CC(=O)N[C@H]1CN(C2COC2)CC[C@H]2CC[C@@H](C(=O)N[C@@H]3CCOc4ccccc43)N2C1=O. The maximum atomic E-state index is 13.6. The van der Waals surface area contributed by atoms with Crippen LogP contribution < -0.4 is 15.4 Å². The topological polar surface area (TPSA) is 100 Å². The minimum atomic E-state index is -0.664. The molecule has 9 heteroatoms. The maximum absolute atomic E-state index is 13.6. The number of fused-ring (bicyclic) bond motifs is 2. The van der Waals surface area contributed by atoms with Crippen LogP contribution in [0.4, 0.5) is 0 Å². The summed E-state index contributed by atoms with van der Waals surface area (Å²) in [5.74, 6) is 0.268. The lowest BCUT2D eigenvalue weighted by molar-refractivity contribution is -0.147. The van der Waals surface area contributed by atoms with E-state index in [-0.39, 0.29) is 35.8 Å². The summed E-state index contributed by atoms with van der Waals surface area (Å²) in [6.07, 6.45) is 2.93. The van der Waals surface area contributed by atoms with Crippen LogP contribution in [0.3, 0.4) is 0 Å². The Bertz CT molecular complexity index is 920. The van der Waals surface area contributed by atoms with E-state index in [1.54, 1.807) is 4.90 Å². The first-order valence-electron chi connectivity index (χ1n) is 11.9. The summed E-state index contributed by atoms with van der Waals surface area (Å²) in [6, 6.07) is 6.72. The van der Waals surface area contributed by atoms with Gasteiger partial charge in [0.2, 0.25) is 17.7 Å². The van der Waals surface area contributed by atoms with Crippen molar-refractivity contribution in [3.05, 3.63) is 29.8 Å². The van der Waals surface area contributed by atoms with Gasteiger partial charge in [-0.25, -0.2) is 0 Å². The number of ether oxygens (including phenoxy) is 2. The van der Waals surface area contributed by atoms with Gasteiger partial charge in [0.15, 0.2) is 0 Å². The van der Waals surface area contributed by atoms with Gasteiger partial charge in [-0.2, -0.15) is 0 Å². The zero-order chi connectivity index (χ0) is 22.9. The number of rotatable bonds is 4. The molecule has 0 spiro atoms. The van der Waals surface area contributed by atoms with E-state index < -0.39 is 12.1 Å². The van der Waals surface area contributed by atoms with Gasteiger partial charge in [0.05, 0.1) is 31.9 Å². The van der Waals surface area contributed by atoms with Gasteiger partial charge in [0.1, 0.15) is 17.8 Å². The van der Waals surface area contributed by atoms with Crippen molar-refractivity contribution in [2.24, 2.45) is 0 Å². The Morgan fingerprint density at radius 3 is 2.58 bits per heavy atom. The molecule has 4 aliphatic heterocycles. The molecule has 0 radical (unpaired) electrons. The highest BCUT2D eigenvalue weighted by molar-refractivity contribution is 5.93. The highest BCUT2D eigenvalue weighted by Gasteiger charge is 2.46.